The molecule has 1 aromatic heterocycles. The van der Waals surface area contributed by atoms with Crippen LogP contribution in [0.15, 0.2) is 41.7 Å². The average Bonchev–Trinajstić information content (AvgIpc) is 3.09. The zero-order valence-electron chi connectivity index (χ0n) is 16.8. The van der Waals surface area contributed by atoms with Crippen LogP contribution in [0.5, 0.6) is 0 Å². The Kier molecular flexibility index (Phi) is 8.88. The summed E-state index contributed by atoms with van der Waals surface area (Å²) in [5.41, 5.74) is 1.11. The van der Waals surface area contributed by atoms with Gasteiger partial charge in [0.05, 0.1) is 17.3 Å². The van der Waals surface area contributed by atoms with Crippen LogP contribution in [0.1, 0.15) is 19.7 Å². The molecule has 3 rings (SSSR count). The fourth-order valence-electron chi connectivity index (χ4n) is 3.42. The van der Waals surface area contributed by atoms with E-state index in [0.29, 0.717) is 12.5 Å². The molecule has 1 aliphatic rings. The van der Waals surface area contributed by atoms with E-state index in [1.54, 1.807) is 0 Å². The van der Waals surface area contributed by atoms with Crippen LogP contribution < -0.4 is 10.2 Å². The Labute approximate surface area is 190 Å². The SMILES string of the molecule is CN=C(NCc1nccn1CC(C)C)N1CCN(c2ccccc2Cl)CC1.I. The van der Waals surface area contributed by atoms with E-state index in [4.69, 9.17) is 11.6 Å². The van der Waals surface area contributed by atoms with Crippen molar-refractivity contribution < 1.29 is 0 Å². The fourth-order valence-corrected chi connectivity index (χ4v) is 3.68. The number of anilines is 1. The second-order valence-corrected chi connectivity index (χ2v) is 7.62. The Bertz CT molecular complexity index is 768. The summed E-state index contributed by atoms with van der Waals surface area (Å²) in [5.74, 6) is 2.56. The van der Waals surface area contributed by atoms with Gasteiger partial charge >= 0.3 is 0 Å². The Morgan fingerprint density at radius 1 is 1.21 bits per heavy atom. The van der Waals surface area contributed by atoms with Gasteiger partial charge in [0.1, 0.15) is 5.82 Å². The van der Waals surface area contributed by atoms with Crippen molar-refractivity contribution >= 4 is 47.2 Å². The van der Waals surface area contributed by atoms with E-state index in [-0.39, 0.29) is 24.0 Å². The maximum absolute atomic E-state index is 6.34. The average molecular weight is 517 g/mol. The fraction of sp³-hybridized carbons (Fsp3) is 0.500. The van der Waals surface area contributed by atoms with Crippen molar-refractivity contribution in [1.29, 1.82) is 0 Å². The van der Waals surface area contributed by atoms with Crippen molar-refractivity contribution in [1.82, 2.24) is 19.8 Å². The minimum atomic E-state index is 0. The summed E-state index contributed by atoms with van der Waals surface area (Å²) in [6.07, 6.45) is 3.91. The number of hydrogen-bond donors (Lipinski definition) is 1. The van der Waals surface area contributed by atoms with Gasteiger partial charge in [-0.15, -0.1) is 24.0 Å². The van der Waals surface area contributed by atoms with Crippen LogP contribution in [-0.4, -0.2) is 53.6 Å². The quantitative estimate of drug-likeness (QED) is 0.374. The molecule has 2 heterocycles. The summed E-state index contributed by atoms with van der Waals surface area (Å²) in [7, 11) is 1.84. The first-order valence-corrected chi connectivity index (χ1v) is 9.91. The molecule has 0 spiro atoms. The molecule has 0 unspecified atom stereocenters. The number of benzene rings is 1. The van der Waals surface area contributed by atoms with Crippen LogP contribution in [0.4, 0.5) is 5.69 Å². The zero-order valence-corrected chi connectivity index (χ0v) is 19.9. The number of rotatable bonds is 5. The number of halogens is 2. The highest BCUT2D eigenvalue weighted by atomic mass is 127. The largest absolute Gasteiger partial charge is 0.367 e. The summed E-state index contributed by atoms with van der Waals surface area (Å²) < 4.78 is 2.21. The van der Waals surface area contributed by atoms with Crippen LogP contribution in [0.25, 0.3) is 0 Å². The van der Waals surface area contributed by atoms with Gasteiger partial charge < -0.3 is 19.7 Å². The molecule has 0 bridgehead atoms. The lowest BCUT2D eigenvalue weighted by Crippen LogP contribution is -2.52. The van der Waals surface area contributed by atoms with Crippen molar-refractivity contribution in [3.8, 4) is 0 Å². The number of guanidine groups is 1. The highest BCUT2D eigenvalue weighted by Gasteiger charge is 2.21. The Morgan fingerprint density at radius 3 is 2.57 bits per heavy atom. The van der Waals surface area contributed by atoms with Crippen molar-refractivity contribution in [2.24, 2.45) is 10.9 Å². The minimum absolute atomic E-state index is 0. The molecule has 1 saturated heterocycles. The molecule has 1 aliphatic heterocycles. The monoisotopic (exact) mass is 516 g/mol. The van der Waals surface area contributed by atoms with Crippen LogP contribution in [0, 0.1) is 5.92 Å². The third-order valence-electron chi connectivity index (χ3n) is 4.75. The molecule has 28 heavy (non-hydrogen) atoms. The minimum Gasteiger partial charge on any atom is -0.367 e. The van der Waals surface area contributed by atoms with Crippen LogP contribution in [0.2, 0.25) is 5.02 Å². The van der Waals surface area contributed by atoms with Crippen molar-refractivity contribution in [2.45, 2.75) is 26.9 Å². The molecule has 0 saturated carbocycles. The second kappa shape index (κ2) is 10.9. The Balaban J connectivity index is 0.00000280. The third-order valence-corrected chi connectivity index (χ3v) is 5.07. The zero-order chi connectivity index (χ0) is 19.2. The van der Waals surface area contributed by atoms with Crippen LogP contribution >= 0.6 is 35.6 Å². The first-order chi connectivity index (χ1) is 13.1. The van der Waals surface area contributed by atoms with Gasteiger partial charge in [0.25, 0.3) is 0 Å². The number of hydrogen-bond acceptors (Lipinski definition) is 3. The van der Waals surface area contributed by atoms with Gasteiger partial charge in [-0.05, 0) is 18.1 Å². The number of nitrogens with zero attached hydrogens (tertiary/aromatic N) is 5. The number of aromatic nitrogens is 2. The topological polar surface area (TPSA) is 48.7 Å². The van der Waals surface area contributed by atoms with Gasteiger partial charge in [-0.1, -0.05) is 37.6 Å². The number of nitrogens with one attached hydrogen (secondary N) is 1. The highest BCUT2D eigenvalue weighted by molar-refractivity contribution is 14.0. The number of para-hydroxylation sites is 1. The summed E-state index contributed by atoms with van der Waals surface area (Å²) >= 11 is 6.34. The molecular formula is C20H30ClIN6. The van der Waals surface area contributed by atoms with Crippen LogP contribution in [0.3, 0.4) is 0 Å². The van der Waals surface area contributed by atoms with Gasteiger partial charge in [0.2, 0.25) is 0 Å². The first-order valence-electron chi connectivity index (χ1n) is 9.53. The molecule has 1 fully saturated rings. The van der Waals surface area contributed by atoms with Gasteiger partial charge in [-0.25, -0.2) is 4.98 Å². The molecule has 0 amide bonds. The van der Waals surface area contributed by atoms with E-state index < -0.39 is 0 Å². The molecule has 1 aromatic carbocycles. The summed E-state index contributed by atoms with van der Waals surface area (Å²) in [5, 5.41) is 4.28. The molecule has 1 N–H and O–H groups in total. The molecule has 0 radical (unpaired) electrons. The molecule has 6 nitrogen and oxygen atoms in total. The molecule has 154 valence electrons. The van der Waals surface area contributed by atoms with Crippen molar-refractivity contribution in [3.05, 3.63) is 47.5 Å². The van der Waals surface area contributed by atoms with Gasteiger partial charge in [0.15, 0.2) is 5.96 Å². The van der Waals surface area contributed by atoms with E-state index in [1.807, 2.05) is 37.6 Å². The molecule has 0 atom stereocenters. The van der Waals surface area contributed by atoms with Crippen LogP contribution in [-0.2, 0) is 13.1 Å². The van der Waals surface area contributed by atoms with Crippen molar-refractivity contribution in [2.75, 3.05) is 38.1 Å². The van der Waals surface area contributed by atoms with E-state index in [1.165, 1.54) is 0 Å². The first kappa shape index (κ1) is 22.8. The summed E-state index contributed by atoms with van der Waals surface area (Å²) in [6.45, 7) is 9.75. The van der Waals surface area contributed by atoms with E-state index in [9.17, 15) is 0 Å². The predicted molar refractivity (Wildman–Crippen MR) is 128 cm³/mol. The summed E-state index contributed by atoms with van der Waals surface area (Å²) in [6, 6.07) is 8.03. The van der Waals surface area contributed by atoms with E-state index >= 15 is 0 Å². The summed E-state index contributed by atoms with van der Waals surface area (Å²) in [4.78, 5) is 13.6. The maximum atomic E-state index is 6.34. The standard InChI is InChI=1S/C20H29ClN6.HI/c1-16(2)15-27-9-8-23-19(27)14-24-20(22-3)26-12-10-25(11-13-26)18-7-5-4-6-17(18)21;/h4-9,16H,10-15H2,1-3H3,(H,22,24);1H. The third kappa shape index (κ3) is 5.76. The molecular weight excluding hydrogens is 487 g/mol. The van der Waals surface area contributed by atoms with Gasteiger partial charge in [-0.2, -0.15) is 0 Å². The highest BCUT2D eigenvalue weighted by Crippen LogP contribution is 2.26. The lowest BCUT2D eigenvalue weighted by molar-refractivity contribution is 0.371. The van der Waals surface area contributed by atoms with Crippen molar-refractivity contribution in [3.63, 3.8) is 0 Å². The number of aliphatic imine (C=N–C) groups is 1. The lowest BCUT2D eigenvalue weighted by atomic mass is 10.2. The number of piperazine rings is 1. The molecule has 2 aromatic rings. The molecule has 0 aliphatic carbocycles. The lowest BCUT2D eigenvalue weighted by Gasteiger charge is -2.38. The van der Waals surface area contributed by atoms with E-state index in [0.717, 1.165) is 55.2 Å². The normalized spacial score (nSPS) is 15.0. The van der Waals surface area contributed by atoms with Gasteiger partial charge in [-0.3, -0.25) is 4.99 Å². The van der Waals surface area contributed by atoms with Gasteiger partial charge in [0, 0.05) is 52.2 Å². The maximum Gasteiger partial charge on any atom is 0.194 e. The smallest absolute Gasteiger partial charge is 0.194 e. The predicted octanol–water partition coefficient (Wildman–Crippen LogP) is 3.71. The Hall–Kier alpha value is -1.48. The Morgan fingerprint density at radius 2 is 1.93 bits per heavy atom. The molecule has 8 heteroatoms. The van der Waals surface area contributed by atoms with E-state index in [2.05, 4.69) is 49.6 Å². The second-order valence-electron chi connectivity index (χ2n) is 7.22. The number of imidazole rings is 1.